The van der Waals surface area contributed by atoms with Crippen LogP contribution in [0.15, 0.2) is 72.8 Å². The maximum atomic E-state index is 14.0. The lowest BCUT2D eigenvalue weighted by Gasteiger charge is -2.22. The summed E-state index contributed by atoms with van der Waals surface area (Å²) in [7, 11) is 0. The molecule has 0 bridgehead atoms. The van der Waals surface area contributed by atoms with Crippen molar-refractivity contribution in [2.45, 2.75) is 25.7 Å². The third kappa shape index (κ3) is 2.45. The van der Waals surface area contributed by atoms with Gasteiger partial charge in [0.25, 0.3) is 0 Å². The van der Waals surface area contributed by atoms with Gasteiger partial charge in [-0.05, 0) is 59.1 Å². The summed E-state index contributed by atoms with van der Waals surface area (Å²) in [6.45, 7) is 0. The van der Waals surface area contributed by atoms with Crippen molar-refractivity contribution in [1.29, 1.82) is 0 Å². The highest BCUT2D eigenvalue weighted by Crippen LogP contribution is 2.31. The summed E-state index contributed by atoms with van der Waals surface area (Å²) < 4.78 is 0. The van der Waals surface area contributed by atoms with Crippen LogP contribution in [0.5, 0.6) is 0 Å². The van der Waals surface area contributed by atoms with E-state index in [2.05, 4.69) is 48.6 Å². The van der Waals surface area contributed by atoms with E-state index in [1.807, 2.05) is 36.4 Å². The van der Waals surface area contributed by atoms with Crippen molar-refractivity contribution in [3.8, 4) is 0 Å². The number of fused-ring (bicyclic) bond motifs is 6. The Hall–Kier alpha value is -3.45. The molecule has 0 saturated heterocycles. The average molecular weight is 386 g/mol. The molecule has 0 fully saturated rings. The molecule has 0 atom stereocenters. The van der Waals surface area contributed by atoms with Gasteiger partial charge in [-0.1, -0.05) is 85.0 Å². The average Bonchev–Trinajstić information content (AvgIpc) is 3.13. The fraction of sp³-hybridized carbons (Fsp3) is 0.138. The monoisotopic (exact) mass is 386 g/mol. The molecule has 0 aliphatic heterocycles. The molecule has 0 spiro atoms. The van der Waals surface area contributed by atoms with Crippen LogP contribution in [0.3, 0.4) is 0 Å². The van der Waals surface area contributed by atoms with Gasteiger partial charge in [0, 0.05) is 21.6 Å². The van der Waals surface area contributed by atoms with Gasteiger partial charge in [0.2, 0.25) is 0 Å². The van der Waals surface area contributed by atoms with Crippen molar-refractivity contribution in [2.24, 2.45) is 0 Å². The third-order valence-electron chi connectivity index (χ3n) is 6.57. The van der Waals surface area contributed by atoms with E-state index >= 15 is 0 Å². The first-order chi connectivity index (χ1) is 14.8. The highest BCUT2D eigenvalue weighted by atomic mass is 16.1. The van der Waals surface area contributed by atoms with E-state index in [0.717, 1.165) is 58.4 Å². The third-order valence-corrected chi connectivity index (χ3v) is 6.57. The van der Waals surface area contributed by atoms with Gasteiger partial charge >= 0.3 is 0 Å². The van der Waals surface area contributed by atoms with Gasteiger partial charge in [0.1, 0.15) is 0 Å². The lowest BCUT2D eigenvalue weighted by Crippen LogP contribution is -2.35. The van der Waals surface area contributed by atoms with Crippen LogP contribution in [0.1, 0.15) is 46.2 Å². The molecule has 0 saturated carbocycles. The van der Waals surface area contributed by atoms with Crippen molar-refractivity contribution < 1.29 is 4.79 Å². The molecule has 3 aromatic rings. The van der Waals surface area contributed by atoms with Gasteiger partial charge in [0.05, 0.1) is 0 Å². The number of hydrogen-bond acceptors (Lipinski definition) is 1. The zero-order chi connectivity index (χ0) is 20.1. The number of ketones is 1. The first kappa shape index (κ1) is 17.4. The van der Waals surface area contributed by atoms with E-state index in [4.69, 9.17) is 0 Å². The second-order valence-corrected chi connectivity index (χ2v) is 8.23. The smallest absolute Gasteiger partial charge is 0.195 e. The Morgan fingerprint density at radius 1 is 0.567 bits per heavy atom. The number of hydrogen-bond donors (Lipinski definition) is 0. The number of rotatable bonds is 2. The molecule has 1 heteroatoms. The minimum absolute atomic E-state index is 0.149. The van der Waals surface area contributed by atoms with E-state index in [0.29, 0.717) is 0 Å². The van der Waals surface area contributed by atoms with Crippen LogP contribution < -0.4 is 10.4 Å². The zero-order valence-electron chi connectivity index (χ0n) is 16.8. The Bertz CT molecular complexity index is 1260. The van der Waals surface area contributed by atoms with Gasteiger partial charge in [-0.15, -0.1) is 0 Å². The highest BCUT2D eigenvalue weighted by Gasteiger charge is 2.31. The first-order valence-electron chi connectivity index (χ1n) is 10.8. The van der Waals surface area contributed by atoms with Gasteiger partial charge in [0.15, 0.2) is 5.78 Å². The van der Waals surface area contributed by atoms with E-state index in [1.54, 1.807) is 0 Å². The van der Waals surface area contributed by atoms with Crippen molar-refractivity contribution >= 4 is 29.1 Å². The van der Waals surface area contributed by atoms with E-state index in [-0.39, 0.29) is 5.78 Å². The summed E-state index contributed by atoms with van der Waals surface area (Å²) in [5.41, 5.74) is 9.17. The Kier molecular flexibility index (Phi) is 3.95. The van der Waals surface area contributed by atoms with Gasteiger partial charge in [-0.2, -0.15) is 0 Å². The standard InChI is InChI=1S/C29H22O/c30-29-25(19-11-3-1-4-12-19)27-23-17-9-7-15-21(23)22-16-8-10-18-24(22)28(27)26(29)20-13-5-2-6-14-20/h1-6,9-14,17-18H,7-8,15-16H2. The molecule has 3 aliphatic rings. The maximum absolute atomic E-state index is 14.0. The van der Waals surface area contributed by atoms with Crippen LogP contribution >= 0.6 is 0 Å². The van der Waals surface area contributed by atoms with Gasteiger partial charge in [-0.25, -0.2) is 0 Å². The number of Topliss-reactive ketones (excluding diaryl/α,β-unsaturated/α-hetero) is 1. The maximum Gasteiger partial charge on any atom is 0.195 e. The SMILES string of the molecule is O=C1C(c2ccccc2)=c2c3c(c4c(c2=C1c1ccccc1)C=CCC4)CCC=C3. The summed E-state index contributed by atoms with van der Waals surface area (Å²) in [4.78, 5) is 14.0. The molecule has 0 unspecified atom stereocenters. The molecule has 0 amide bonds. The molecule has 0 heterocycles. The van der Waals surface area contributed by atoms with E-state index < -0.39 is 0 Å². The lowest BCUT2D eigenvalue weighted by molar-refractivity contribution is -0.108. The van der Waals surface area contributed by atoms with Crippen LogP contribution in [-0.4, -0.2) is 5.78 Å². The summed E-state index contributed by atoms with van der Waals surface area (Å²) in [5.74, 6) is 0.149. The Labute approximate surface area is 176 Å². The normalized spacial score (nSPS) is 16.5. The summed E-state index contributed by atoms with van der Waals surface area (Å²) >= 11 is 0. The molecule has 30 heavy (non-hydrogen) atoms. The van der Waals surface area contributed by atoms with Crippen LogP contribution in [0.2, 0.25) is 0 Å². The number of allylic oxidation sites excluding steroid dienone is 2. The molecule has 0 N–H and O–H groups in total. The molecular formula is C29H22O. The van der Waals surface area contributed by atoms with E-state index in [1.165, 1.54) is 22.3 Å². The molecule has 3 aromatic carbocycles. The molecule has 0 aromatic heterocycles. The first-order valence-corrected chi connectivity index (χ1v) is 10.8. The number of carbonyl (C=O) groups is 1. The molecule has 6 rings (SSSR count). The Balaban J connectivity index is 1.88. The lowest BCUT2D eigenvalue weighted by atomic mass is 9.82. The quantitative estimate of drug-likeness (QED) is 0.630. The predicted octanol–water partition coefficient (Wildman–Crippen LogP) is 4.59. The van der Waals surface area contributed by atoms with Crippen molar-refractivity contribution in [2.75, 3.05) is 0 Å². The summed E-state index contributed by atoms with van der Waals surface area (Å²) in [6, 6.07) is 20.4. The van der Waals surface area contributed by atoms with Crippen LogP contribution in [0.4, 0.5) is 0 Å². The highest BCUT2D eigenvalue weighted by molar-refractivity contribution is 6.44. The van der Waals surface area contributed by atoms with Gasteiger partial charge < -0.3 is 0 Å². The minimum Gasteiger partial charge on any atom is -0.289 e. The second-order valence-electron chi connectivity index (χ2n) is 8.23. The van der Waals surface area contributed by atoms with Gasteiger partial charge in [-0.3, -0.25) is 4.79 Å². The van der Waals surface area contributed by atoms with Crippen LogP contribution in [-0.2, 0) is 17.6 Å². The Morgan fingerprint density at radius 2 is 1.00 bits per heavy atom. The molecule has 1 nitrogen and oxygen atoms in total. The minimum atomic E-state index is 0.149. The topological polar surface area (TPSA) is 17.1 Å². The molecular weight excluding hydrogens is 364 g/mol. The number of benzene rings is 3. The largest absolute Gasteiger partial charge is 0.289 e. The fourth-order valence-electron chi connectivity index (χ4n) is 5.32. The predicted molar refractivity (Wildman–Crippen MR) is 123 cm³/mol. The summed E-state index contributed by atoms with van der Waals surface area (Å²) in [6.07, 6.45) is 13.3. The molecule has 3 aliphatic carbocycles. The number of carbonyl (C=O) groups excluding carboxylic acids is 1. The van der Waals surface area contributed by atoms with Crippen LogP contribution in [0, 0.1) is 0 Å². The van der Waals surface area contributed by atoms with E-state index in [9.17, 15) is 4.79 Å². The fourth-order valence-corrected chi connectivity index (χ4v) is 5.32. The van der Waals surface area contributed by atoms with Crippen molar-refractivity contribution in [3.63, 3.8) is 0 Å². The van der Waals surface area contributed by atoms with Crippen LogP contribution in [0.25, 0.3) is 23.3 Å². The summed E-state index contributed by atoms with van der Waals surface area (Å²) in [5, 5.41) is 2.28. The van der Waals surface area contributed by atoms with Crippen molar-refractivity contribution in [1.82, 2.24) is 0 Å². The molecule has 0 radical (unpaired) electrons. The zero-order valence-corrected chi connectivity index (χ0v) is 16.8. The van der Waals surface area contributed by atoms with Crippen molar-refractivity contribution in [3.05, 3.63) is 117 Å². The Morgan fingerprint density at radius 3 is 1.43 bits per heavy atom. The molecule has 144 valence electrons. The second kappa shape index (κ2) is 6.81.